The Bertz CT molecular complexity index is 961. The molecule has 0 bridgehead atoms. The molecule has 0 aromatic heterocycles. The zero-order valence-electron chi connectivity index (χ0n) is 24.3. The van der Waals surface area contributed by atoms with E-state index in [1.54, 1.807) is 6.08 Å². The standard InChI is InChI=1S/C13H22O2.C11H18O2.2CO2.S4.S3/c1-6-9-13(7-2,10-11(4)5)12(14)15-8-3;1-4-11(10(12)13-5-2)7-6-9(3)8-11;2*2-1-3;1-3-4-2;1-3-2/h6H,1,4,7-10H2,2-3,5H3;6H,4-5,7-8H2,1-3H3;;;;. The summed E-state index contributed by atoms with van der Waals surface area (Å²) in [4.78, 5) is 56.1. The van der Waals surface area contributed by atoms with E-state index in [4.69, 9.17) is 28.7 Å². The summed E-state index contributed by atoms with van der Waals surface area (Å²) in [7, 11) is 3.26. The van der Waals surface area contributed by atoms with Crippen molar-refractivity contribution in [1.29, 1.82) is 0 Å². The molecule has 1 aliphatic carbocycles. The van der Waals surface area contributed by atoms with E-state index in [1.807, 2.05) is 27.7 Å². The molecule has 234 valence electrons. The number of carbonyl (C=O) groups is 2. The summed E-state index contributed by atoms with van der Waals surface area (Å²) in [6.07, 6.45) is 9.12. The Morgan fingerprint density at radius 2 is 1.46 bits per heavy atom. The molecule has 1 rings (SSSR count). The number of hydrogen-bond donors (Lipinski definition) is 0. The van der Waals surface area contributed by atoms with Gasteiger partial charge in [-0.2, -0.15) is 19.2 Å². The van der Waals surface area contributed by atoms with E-state index in [9.17, 15) is 9.59 Å². The van der Waals surface area contributed by atoms with Gasteiger partial charge in [-0.15, -0.1) is 13.2 Å². The van der Waals surface area contributed by atoms with Gasteiger partial charge in [0.05, 0.1) is 24.0 Å². The highest BCUT2D eigenvalue weighted by Gasteiger charge is 2.40. The fourth-order valence-corrected chi connectivity index (χ4v) is 3.68. The molecule has 0 aromatic rings. The Kier molecular flexibility index (Phi) is 41.6. The van der Waals surface area contributed by atoms with Crippen LogP contribution in [0.1, 0.15) is 80.1 Å². The van der Waals surface area contributed by atoms with Crippen LogP contribution in [0.25, 0.3) is 0 Å². The Hall–Kier alpha value is -1.54. The molecule has 0 saturated carbocycles. The van der Waals surface area contributed by atoms with Crippen molar-refractivity contribution in [3.63, 3.8) is 0 Å². The molecule has 2 unspecified atom stereocenters. The molecule has 0 radical (unpaired) electrons. The Labute approximate surface area is 272 Å². The van der Waals surface area contributed by atoms with E-state index in [0.717, 1.165) is 40.1 Å². The zero-order valence-corrected chi connectivity index (χ0v) is 30.1. The fourth-order valence-electron chi connectivity index (χ4n) is 3.68. The summed E-state index contributed by atoms with van der Waals surface area (Å²) >= 11 is 16.9. The quantitative estimate of drug-likeness (QED) is 0.225. The molecular formula is C26H40O8S7. The van der Waals surface area contributed by atoms with Crippen molar-refractivity contribution in [1.82, 2.24) is 0 Å². The smallest absolute Gasteiger partial charge is 0.373 e. The summed E-state index contributed by atoms with van der Waals surface area (Å²) < 4.78 is 10.2. The van der Waals surface area contributed by atoms with Crippen LogP contribution in [0.5, 0.6) is 0 Å². The lowest BCUT2D eigenvalue weighted by molar-refractivity contribution is -0.193. The molecule has 0 N–H and O–H groups in total. The SMILES string of the molecule is C=CCC(CC)(CC(=C)C)C(=O)OCC.CCOC(=O)C1(CC)CC=C(C)C1.O=C=O.O=C=O.S=S=S.S=S=S=S. The summed E-state index contributed by atoms with van der Waals surface area (Å²) in [5.74, 6) is -0.152. The van der Waals surface area contributed by atoms with E-state index in [-0.39, 0.29) is 29.7 Å². The molecule has 15 heteroatoms. The van der Waals surface area contributed by atoms with Crippen LogP contribution in [0.2, 0.25) is 0 Å². The fraction of sp³-hybridized carbons (Fsp3) is 0.615. The van der Waals surface area contributed by atoms with Gasteiger partial charge < -0.3 is 9.47 Å². The maximum Gasteiger partial charge on any atom is 0.373 e. The number of allylic oxidation sites excluding steroid dienone is 4. The van der Waals surface area contributed by atoms with Gasteiger partial charge in [0.1, 0.15) is 0 Å². The third-order valence-corrected chi connectivity index (χ3v) is 7.65. The maximum atomic E-state index is 11.9. The van der Waals surface area contributed by atoms with Crippen LogP contribution in [0.3, 0.4) is 0 Å². The topological polar surface area (TPSA) is 121 Å². The number of carbonyl (C=O) groups excluding carboxylic acids is 6. The van der Waals surface area contributed by atoms with E-state index in [2.05, 4.69) is 77.8 Å². The summed E-state index contributed by atoms with van der Waals surface area (Å²) in [5, 5.41) is 0. The molecule has 0 fully saturated rings. The molecule has 0 amide bonds. The zero-order chi connectivity index (χ0) is 33.3. The lowest BCUT2D eigenvalue weighted by Gasteiger charge is -2.29. The van der Waals surface area contributed by atoms with Crippen LogP contribution in [0.4, 0.5) is 0 Å². The van der Waals surface area contributed by atoms with Crippen molar-refractivity contribution in [2.75, 3.05) is 13.2 Å². The van der Waals surface area contributed by atoms with Crippen molar-refractivity contribution in [2.45, 2.75) is 80.1 Å². The van der Waals surface area contributed by atoms with Gasteiger partial charge in [-0.3, -0.25) is 9.59 Å². The van der Waals surface area contributed by atoms with E-state index in [0.29, 0.717) is 26.1 Å². The average Bonchev–Trinajstić information content (AvgIpc) is 3.32. The van der Waals surface area contributed by atoms with Gasteiger partial charge in [-0.1, -0.05) is 37.1 Å². The lowest BCUT2D eigenvalue weighted by Crippen LogP contribution is -2.32. The second-order valence-corrected chi connectivity index (χ2v) is 13.4. The molecule has 0 spiro atoms. The monoisotopic (exact) mass is 704 g/mol. The van der Waals surface area contributed by atoms with Crippen molar-refractivity contribution in [3.05, 3.63) is 36.5 Å². The van der Waals surface area contributed by atoms with Gasteiger partial charge in [0.15, 0.2) is 0 Å². The van der Waals surface area contributed by atoms with Crippen molar-refractivity contribution in [2.24, 2.45) is 10.8 Å². The van der Waals surface area contributed by atoms with Crippen LogP contribution < -0.4 is 0 Å². The van der Waals surface area contributed by atoms with Gasteiger partial charge >= 0.3 is 24.2 Å². The van der Waals surface area contributed by atoms with Crippen molar-refractivity contribution < 1.29 is 38.2 Å². The first-order valence-corrected chi connectivity index (χ1v) is 18.7. The van der Waals surface area contributed by atoms with Crippen molar-refractivity contribution in [3.8, 4) is 0 Å². The van der Waals surface area contributed by atoms with Crippen LogP contribution in [-0.4, -0.2) is 37.5 Å². The Balaban J connectivity index is -0.000000149. The molecule has 0 aliphatic heterocycles. The van der Waals surface area contributed by atoms with Crippen LogP contribution in [0.15, 0.2) is 36.5 Å². The second kappa shape index (κ2) is 34.7. The lowest BCUT2D eigenvalue weighted by atomic mass is 9.77. The predicted octanol–water partition coefficient (Wildman–Crippen LogP) is 4.99. The minimum absolute atomic E-state index is 0.0226. The van der Waals surface area contributed by atoms with Crippen LogP contribution in [-0.2, 0) is 110 Å². The van der Waals surface area contributed by atoms with E-state index >= 15 is 0 Å². The molecule has 41 heavy (non-hydrogen) atoms. The first-order valence-electron chi connectivity index (χ1n) is 12.1. The molecule has 0 heterocycles. The first kappa shape index (κ1) is 49.2. The Morgan fingerprint density at radius 1 is 1.02 bits per heavy atom. The number of hydrogen-bond acceptors (Lipinski definition) is 12. The van der Waals surface area contributed by atoms with E-state index in [1.165, 1.54) is 23.3 Å². The minimum Gasteiger partial charge on any atom is -0.466 e. The maximum absolute atomic E-state index is 11.9. The molecule has 1 aliphatic rings. The van der Waals surface area contributed by atoms with Crippen molar-refractivity contribution >= 4 is 95.6 Å². The summed E-state index contributed by atoms with van der Waals surface area (Å²) in [6.45, 7) is 20.3. The Morgan fingerprint density at radius 3 is 1.71 bits per heavy atom. The summed E-state index contributed by atoms with van der Waals surface area (Å²) in [5.41, 5.74) is 1.63. The van der Waals surface area contributed by atoms with Gasteiger partial charge in [-0.05, 0) is 66.2 Å². The molecule has 2 atom stereocenters. The van der Waals surface area contributed by atoms with Gasteiger partial charge in [0, 0.05) is 71.4 Å². The number of rotatable bonds is 10. The summed E-state index contributed by atoms with van der Waals surface area (Å²) in [6, 6.07) is 0. The highest BCUT2D eigenvalue weighted by Crippen LogP contribution is 2.41. The largest absolute Gasteiger partial charge is 0.466 e. The van der Waals surface area contributed by atoms with Crippen LogP contribution in [0, 0.1) is 10.8 Å². The third-order valence-electron chi connectivity index (χ3n) is 5.43. The second-order valence-electron chi connectivity index (χ2n) is 8.14. The number of esters is 2. The molecular weight excluding hydrogens is 665 g/mol. The highest BCUT2D eigenvalue weighted by molar-refractivity contribution is 8.51. The number of ether oxygens (including phenoxy) is 2. The normalized spacial score (nSPS) is 14.9. The predicted molar refractivity (Wildman–Crippen MR) is 178 cm³/mol. The highest BCUT2D eigenvalue weighted by atomic mass is 33.2. The first-order chi connectivity index (χ1) is 19.3. The van der Waals surface area contributed by atoms with Gasteiger partial charge in [0.2, 0.25) is 0 Å². The molecule has 0 saturated heterocycles. The van der Waals surface area contributed by atoms with E-state index < -0.39 is 5.41 Å². The van der Waals surface area contributed by atoms with Gasteiger partial charge in [-0.25, -0.2) is 0 Å². The van der Waals surface area contributed by atoms with Crippen LogP contribution >= 0.6 is 0 Å². The van der Waals surface area contributed by atoms with Gasteiger partial charge in [0.25, 0.3) is 0 Å². The molecule has 8 nitrogen and oxygen atoms in total. The molecule has 0 aromatic carbocycles. The minimum atomic E-state index is -0.455. The average molecular weight is 705 g/mol. The third kappa shape index (κ3) is 27.1.